The normalized spacial score (nSPS) is 12.7. The van der Waals surface area contributed by atoms with Gasteiger partial charge >= 0.3 is 0 Å². The number of rotatable bonds is 5. The van der Waals surface area contributed by atoms with Gasteiger partial charge in [0.1, 0.15) is 0 Å². The van der Waals surface area contributed by atoms with Crippen molar-refractivity contribution in [3.63, 3.8) is 0 Å². The van der Waals surface area contributed by atoms with Gasteiger partial charge in [-0.1, -0.05) is 30.7 Å². The van der Waals surface area contributed by atoms with Crippen LogP contribution in [-0.4, -0.2) is 9.78 Å². The summed E-state index contributed by atoms with van der Waals surface area (Å²) >= 11 is 9.67. The van der Waals surface area contributed by atoms with E-state index in [0.29, 0.717) is 0 Å². The van der Waals surface area contributed by atoms with Crippen molar-refractivity contribution in [1.82, 2.24) is 15.1 Å². The molecule has 1 aromatic heterocycles. The van der Waals surface area contributed by atoms with Gasteiger partial charge in [0.25, 0.3) is 0 Å². The molecule has 108 valence electrons. The van der Waals surface area contributed by atoms with Crippen LogP contribution in [0.5, 0.6) is 0 Å². The van der Waals surface area contributed by atoms with E-state index in [4.69, 9.17) is 11.6 Å². The van der Waals surface area contributed by atoms with Crippen molar-refractivity contribution in [3.8, 4) is 0 Å². The van der Waals surface area contributed by atoms with Gasteiger partial charge in [-0.2, -0.15) is 5.10 Å². The average Bonchev–Trinajstić information content (AvgIpc) is 2.71. The predicted octanol–water partition coefficient (Wildman–Crippen LogP) is 4.25. The zero-order valence-corrected chi connectivity index (χ0v) is 14.3. The van der Waals surface area contributed by atoms with Gasteiger partial charge in [-0.25, -0.2) is 0 Å². The highest BCUT2D eigenvalue weighted by Crippen LogP contribution is 2.23. The van der Waals surface area contributed by atoms with Crippen molar-refractivity contribution in [2.45, 2.75) is 32.9 Å². The summed E-state index contributed by atoms with van der Waals surface area (Å²) in [5.41, 5.74) is 3.45. The van der Waals surface area contributed by atoms with Crippen molar-refractivity contribution >= 4 is 27.5 Å². The molecule has 0 saturated heterocycles. The fraction of sp³-hybridized carbons (Fsp3) is 0.400. The molecule has 1 atom stereocenters. The van der Waals surface area contributed by atoms with E-state index >= 15 is 0 Å². The second-order valence-corrected chi connectivity index (χ2v) is 6.07. The highest BCUT2D eigenvalue weighted by atomic mass is 79.9. The first-order chi connectivity index (χ1) is 9.52. The van der Waals surface area contributed by atoms with Crippen molar-refractivity contribution < 1.29 is 0 Å². The standard InChI is InChI=1S/C15H19BrClN3/c1-4-13-15(16)14(20(3)19-13)9-18-10(2)11-6-5-7-12(17)8-11/h5-8,10,18H,4,9H2,1-3H3/t10-/m1/s1. The minimum absolute atomic E-state index is 0.237. The lowest BCUT2D eigenvalue weighted by atomic mass is 10.1. The molecule has 0 aliphatic carbocycles. The third-order valence-electron chi connectivity index (χ3n) is 3.43. The van der Waals surface area contributed by atoms with E-state index in [1.54, 1.807) is 0 Å². The number of benzene rings is 1. The Morgan fingerprint density at radius 3 is 2.80 bits per heavy atom. The Kier molecular flexibility index (Phi) is 5.24. The summed E-state index contributed by atoms with van der Waals surface area (Å²) in [6.45, 7) is 5.01. The smallest absolute Gasteiger partial charge is 0.0767 e. The van der Waals surface area contributed by atoms with Crippen molar-refractivity contribution in [2.75, 3.05) is 0 Å². The molecule has 1 heterocycles. The van der Waals surface area contributed by atoms with Crippen LogP contribution in [0.4, 0.5) is 0 Å². The summed E-state index contributed by atoms with van der Waals surface area (Å²) in [5, 5.41) is 8.78. The number of aryl methyl sites for hydroxylation is 2. The summed E-state index contributed by atoms with van der Waals surface area (Å²) in [4.78, 5) is 0. The number of hydrogen-bond donors (Lipinski definition) is 1. The Hall–Kier alpha value is -0.840. The molecule has 1 aromatic carbocycles. The minimum atomic E-state index is 0.237. The first-order valence-corrected chi connectivity index (χ1v) is 7.89. The predicted molar refractivity (Wildman–Crippen MR) is 87.0 cm³/mol. The van der Waals surface area contributed by atoms with E-state index < -0.39 is 0 Å². The van der Waals surface area contributed by atoms with E-state index in [1.807, 2.05) is 29.9 Å². The van der Waals surface area contributed by atoms with Gasteiger partial charge in [-0.05, 0) is 47.0 Å². The molecule has 1 N–H and O–H groups in total. The van der Waals surface area contributed by atoms with Crippen LogP contribution < -0.4 is 5.32 Å². The number of hydrogen-bond acceptors (Lipinski definition) is 2. The fourth-order valence-corrected chi connectivity index (χ4v) is 3.11. The largest absolute Gasteiger partial charge is 0.305 e. The molecule has 0 aliphatic heterocycles. The van der Waals surface area contributed by atoms with Gasteiger partial charge < -0.3 is 5.32 Å². The van der Waals surface area contributed by atoms with Gasteiger partial charge in [0.05, 0.1) is 15.9 Å². The van der Waals surface area contributed by atoms with Crippen LogP contribution in [0.3, 0.4) is 0 Å². The molecule has 2 aromatic rings. The summed E-state index contributed by atoms with van der Waals surface area (Å²) in [5.74, 6) is 0. The molecular formula is C15H19BrClN3. The lowest BCUT2D eigenvalue weighted by molar-refractivity contribution is 0.547. The molecule has 0 aliphatic rings. The Labute approximate surface area is 133 Å². The number of halogens is 2. The minimum Gasteiger partial charge on any atom is -0.305 e. The maximum absolute atomic E-state index is 6.03. The molecule has 0 spiro atoms. The second-order valence-electron chi connectivity index (χ2n) is 4.84. The molecule has 0 saturated carbocycles. The van der Waals surface area contributed by atoms with Crippen LogP contribution in [0.2, 0.25) is 5.02 Å². The topological polar surface area (TPSA) is 29.9 Å². The van der Waals surface area contributed by atoms with Gasteiger partial charge in [-0.3, -0.25) is 4.68 Å². The van der Waals surface area contributed by atoms with Gasteiger partial charge in [-0.15, -0.1) is 0 Å². The quantitative estimate of drug-likeness (QED) is 0.868. The molecule has 20 heavy (non-hydrogen) atoms. The van der Waals surface area contributed by atoms with Crippen molar-refractivity contribution in [1.29, 1.82) is 0 Å². The number of aromatic nitrogens is 2. The maximum Gasteiger partial charge on any atom is 0.0767 e. The highest BCUT2D eigenvalue weighted by molar-refractivity contribution is 9.10. The number of nitrogens with zero attached hydrogens (tertiary/aromatic N) is 2. The lowest BCUT2D eigenvalue weighted by Gasteiger charge is -2.15. The summed E-state index contributed by atoms with van der Waals surface area (Å²) in [7, 11) is 1.98. The zero-order chi connectivity index (χ0) is 14.7. The van der Waals surface area contributed by atoms with E-state index in [9.17, 15) is 0 Å². The molecule has 3 nitrogen and oxygen atoms in total. The van der Waals surface area contributed by atoms with E-state index in [1.165, 1.54) is 5.56 Å². The number of nitrogens with one attached hydrogen (secondary N) is 1. The van der Waals surface area contributed by atoms with Crippen LogP contribution in [0.1, 0.15) is 36.8 Å². The van der Waals surface area contributed by atoms with Crippen molar-refractivity contribution in [2.24, 2.45) is 7.05 Å². The van der Waals surface area contributed by atoms with Gasteiger partial charge in [0.15, 0.2) is 0 Å². The summed E-state index contributed by atoms with van der Waals surface area (Å²) < 4.78 is 3.04. The van der Waals surface area contributed by atoms with Crippen LogP contribution in [-0.2, 0) is 20.0 Å². The monoisotopic (exact) mass is 355 g/mol. The Morgan fingerprint density at radius 2 is 2.20 bits per heavy atom. The van der Waals surface area contributed by atoms with Crippen LogP contribution in [0, 0.1) is 0 Å². The van der Waals surface area contributed by atoms with E-state index in [0.717, 1.165) is 33.8 Å². The highest BCUT2D eigenvalue weighted by Gasteiger charge is 2.13. The first kappa shape index (κ1) is 15.5. The maximum atomic E-state index is 6.03. The fourth-order valence-electron chi connectivity index (χ4n) is 2.16. The third-order valence-corrected chi connectivity index (χ3v) is 4.58. The molecule has 0 unspecified atom stereocenters. The SMILES string of the molecule is CCc1nn(C)c(CN[C@H](C)c2cccc(Cl)c2)c1Br. The molecular weight excluding hydrogens is 338 g/mol. The Bertz CT molecular complexity index is 595. The molecule has 5 heteroatoms. The summed E-state index contributed by atoms with van der Waals surface area (Å²) in [6.07, 6.45) is 0.929. The van der Waals surface area contributed by atoms with Crippen LogP contribution >= 0.6 is 27.5 Å². The third kappa shape index (κ3) is 3.43. The Balaban J connectivity index is 2.07. The molecule has 2 rings (SSSR count). The molecule has 0 amide bonds. The van der Waals surface area contributed by atoms with Gasteiger partial charge in [0.2, 0.25) is 0 Å². The van der Waals surface area contributed by atoms with Gasteiger partial charge in [0, 0.05) is 24.7 Å². The second kappa shape index (κ2) is 6.74. The van der Waals surface area contributed by atoms with Crippen LogP contribution in [0.25, 0.3) is 0 Å². The summed E-state index contributed by atoms with van der Waals surface area (Å²) in [6, 6.07) is 8.18. The molecule has 0 fully saturated rings. The zero-order valence-electron chi connectivity index (χ0n) is 12.0. The average molecular weight is 357 g/mol. The van der Waals surface area contributed by atoms with E-state index in [-0.39, 0.29) is 6.04 Å². The van der Waals surface area contributed by atoms with Crippen molar-refractivity contribution in [3.05, 3.63) is 50.7 Å². The Morgan fingerprint density at radius 1 is 1.45 bits per heavy atom. The first-order valence-electron chi connectivity index (χ1n) is 6.72. The molecule has 0 bridgehead atoms. The van der Waals surface area contributed by atoms with E-state index in [2.05, 4.69) is 46.3 Å². The lowest BCUT2D eigenvalue weighted by Crippen LogP contribution is -2.20. The van der Waals surface area contributed by atoms with Crippen LogP contribution in [0.15, 0.2) is 28.7 Å². The molecule has 0 radical (unpaired) electrons.